The van der Waals surface area contributed by atoms with E-state index in [9.17, 15) is 9.59 Å². The molecule has 4 nitrogen and oxygen atoms in total. The molecule has 0 saturated carbocycles. The number of hydrogen-bond donors (Lipinski definition) is 0. The van der Waals surface area contributed by atoms with Crippen LogP contribution in [-0.4, -0.2) is 34.7 Å². The number of likely N-dealkylation sites (N-methyl/N-ethyl adjacent to an activating group) is 1. The number of carbonyl (C=O) groups excluding carboxylic acids is 2. The number of aromatic nitrogens is 1. The highest BCUT2D eigenvalue weighted by atomic mass is 16.2. The summed E-state index contributed by atoms with van der Waals surface area (Å²) in [7, 11) is 0. The average molecular weight is 310 g/mol. The van der Waals surface area contributed by atoms with Crippen LogP contribution in [0.5, 0.6) is 0 Å². The summed E-state index contributed by atoms with van der Waals surface area (Å²) in [5, 5.41) is 0. The van der Waals surface area contributed by atoms with Gasteiger partial charge < -0.3 is 4.90 Å². The van der Waals surface area contributed by atoms with Gasteiger partial charge in [0.05, 0.1) is 0 Å². The molecule has 1 amide bonds. The van der Waals surface area contributed by atoms with E-state index in [-0.39, 0.29) is 24.5 Å². The lowest BCUT2D eigenvalue weighted by atomic mass is 10.1. The Bertz CT molecular complexity index is 626. The number of hydrogen-bond acceptors (Lipinski definition) is 3. The van der Waals surface area contributed by atoms with Crippen molar-refractivity contribution in [3.63, 3.8) is 0 Å². The average Bonchev–Trinajstić information content (AvgIpc) is 2.61. The predicted octanol–water partition coefficient (Wildman–Crippen LogP) is 3.14. The molecule has 2 aromatic rings. The molecule has 0 atom stereocenters. The van der Waals surface area contributed by atoms with Crippen LogP contribution in [0.4, 0.5) is 0 Å². The van der Waals surface area contributed by atoms with Crippen LogP contribution >= 0.6 is 0 Å². The van der Waals surface area contributed by atoms with Crippen molar-refractivity contribution < 1.29 is 9.59 Å². The zero-order valence-electron chi connectivity index (χ0n) is 13.4. The topological polar surface area (TPSA) is 50.3 Å². The Kier molecular flexibility index (Phi) is 6.48. The number of pyridine rings is 1. The van der Waals surface area contributed by atoms with Crippen molar-refractivity contribution in [1.29, 1.82) is 0 Å². The second-order valence-corrected chi connectivity index (χ2v) is 5.37. The second kappa shape index (κ2) is 8.83. The minimum atomic E-state index is 0.0177. The molecule has 1 aromatic heterocycles. The third-order valence-corrected chi connectivity index (χ3v) is 3.82. The Morgan fingerprint density at radius 2 is 1.70 bits per heavy atom. The molecule has 0 N–H and O–H groups in total. The molecular weight excluding hydrogens is 288 g/mol. The fraction of sp³-hybridized carbons (Fsp3) is 0.316. The maximum Gasteiger partial charge on any atom is 0.223 e. The molecule has 4 heteroatoms. The standard InChI is InChI=1S/C19H22N2O2/c1-2-21(15-12-16-10-13-20-14-11-16)19(23)9-8-18(22)17-6-4-3-5-7-17/h3-7,10-11,13-14H,2,8-9,12,15H2,1H3. The van der Waals surface area contributed by atoms with Gasteiger partial charge in [0.2, 0.25) is 5.91 Å². The first-order valence-electron chi connectivity index (χ1n) is 7.95. The molecule has 23 heavy (non-hydrogen) atoms. The highest BCUT2D eigenvalue weighted by molar-refractivity contribution is 5.97. The molecule has 0 saturated heterocycles. The quantitative estimate of drug-likeness (QED) is 0.704. The molecule has 0 aliphatic carbocycles. The van der Waals surface area contributed by atoms with E-state index in [2.05, 4.69) is 4.98 Å². The van der Waals surface area contributed by atoms with Crippen molar-refractivity contribution >= 4 is 11.7 Å². The first-order chi connectivity index (χ1) is 11.2. The lowest BCUT2D eigenvalue weighted by molar-refractivity contribution is -0.130. The molecule has 0 aliphatic rings. The van der Waals surface area contributed by atoms with Gasteiger partial charge in [-0.2, -0.15) is 0 Å². The SMILES string of the molecule is CCN(CCc1ccncc1)C(=O)CCC(=O)c1ccccc1. The minimum absolute atomic E-state index is 0.0177. The molecule has 120 valence electrons. The van der Waals surface area contributed by atoms with Crippen LogP contribution in [0.1, 0.15) is 35.7 Å². The monoisotopic (exact) mass is 310 g/mol. The van der Waals surface area contributed by atoms with Crippen molar-refractivity contribution in [3.05, 3.63) is 66.0 Å². The van der Waals surface area contributed by atoms with E-state index in [0.717, 1.165) is 12.0 Å². The summed E-state index contributed by atoms with van der Waals surface area (Å²) >= 11 is 0. The number of amides is 1. The van der Waals surface area contributed by atoms with Crippen LogP contribution in [0, 0.1) is 0 Å². The smallest absolute Gasteiger partial charge is 0.223 e. The second-order valence-electron chi connectivity index (χ2n) is 5.37. The summed E-state index contributed by atoms with van der Waals surface area (Å²) in [6.07, 6.45) is 4.83. The zero-order chi connectivity index (χ0) is 16.5. The molecular formula is C19H22N2O2. The highest BCUT2D eigenvalue weighted by Crippen LogP contribution is 2.08. The van der Waals surface area contributed by atoms with Gasteiger partial charge in [-0.1, -0.05) is 30.3 Å². The Morgan fingerprint density at radius 1 is 1.00 bits per heavy atom. The van der Waals surface area contributed by atoms with Crippen LogP contribution < -0.4 is 0 Å². The summed E-state index contributed by atoms with van der Waals surface area (Å²) in [6.45, 7) is 3.28. The first-order valence-corrected chi connectivity index (χ1v) is 7.95. The third-order valence-electron chi connectivity index (χ3n) is 3.82. The van der Waals surface area contributed by atoms with Gasteiger partial charge in [-0.3, -0.25) is 14.6 Å². The molecule has 1 heterocycles. The van der Waals surface area contributed by atoms with Gasteiger partial charge in [0.25, 0.3) is 0 Å². The summed E-state index contributed by atoms with van der Waals surface area (Å²) < 4.78 is 0. The highest BCUT2D eigenvalue weighted by Gasteiger charge is 2.14. The third kappa shape index (κ3) is 5.33. The van der Waals surface area contributed by atoms with E-state index in [1.807, 2.05) is 37.3 Å². The molecule has 0 aliphatic heterocycles. The van der Waals surface area contributed by atoms with Gasteiger partial charge in [-0.25, -0.2) is 0 Å². The van der Waals surface area contributed by atoms with Crippen LogP contribution in [0.15, 0.2) is 54.9 Å². The molecule has 0 spiro atoms. The zero-order valence-corrected chi connectivity index (χ0v) is 13.4. The van der Waals surface area contributed by atoms with Crippen LogP contribution in [0.25, 0.3) is 0 Å². The van der Waals surface area contributed by atoms with Gasteiger partial charge in [0.1, 0.15) is 0 Å². The van der Waals surface area contributed by atoms with Gasteiger partial charge in [0, 0.05) is 43.9 Å². The molecule has 0 bridgehead atoms. The summed E-state index contributed by atoms with van der Waals surface area (Å²) in [4.78, 5) is 30.1. The number of rotatable bonds is 8. The normalized spacial score (nSPS) is 10.3. The lowest BCUT2D eigenvalue weighted by Gasteiger charge is -2.20. The maximum absolute atomic E-state index is 12.3. The number of nitrogens with zero attached hydrogens (tertiary/aromatic N) is 2. The summed E-state index contributed by atoms with van der Waals surface area (Å²) in [5.74, 6) is 0.0509. The van der Waals surface area contributed by atoms with Gasteiger partial charge in [0.15, 0.2) is 5.78 Å². The Balaban J connectivity index is 1.81. The molecule has 0 unspecified atom stereocenters. The summed E-state index contributed by atoms with van der Waals surface area (Å²) in [5.41, 5.74) is 1.83. The first kappa shape index (κ1) is 16.9. The largest absolute Gasteiger partial charge is 0.343 e. The number of Topliss-reactive ketones (excluding diaryl/α,β-unsaturated/α-hetero) is 1. The van der Waals surface area contributed by atoms with Gasteiger partial charge >= 0.3 is 0 Å². The van der Waals surface area contributed by atoms with Crippen molar-refractivity contribution in [2.75, 3.05) is 13.1 Å². The van der Waals surface area contributed by atoms with E-state index < -0.39 is 0 Å². The van der Waals surface area contributed by atoms with E-state index in [1.54, 1.807) is 29.4 Å². The van der Waals surface area contributed by atoms with Crippen molar-refractivity contribution in [3.8, 4) is 0 Å². The van der Waals surface area contributed by atoms with Crippen molar-refractivity contribution in [2.45, 2.75) is 26.2 Å². The predicted molar refractivity (Wildman–Crippen MR) is 90.2 cm³/mol. The minimum Gasteiger partial charge on any atom is -0.343 e. The number of benzene rings is 1. The van der Waals surface area contributed by atoms with Gasteiger partial charge in [-0.15, -0.1) is 0 Å². The van der Waals surface area contributed by atoms with E-state index >= 15 is 0 Å². The summed E-state index contributed by atoms with van der Waals surface area (Å²) in [6, 6.07) is 13.0. The van der Waals surface area contributed by atoms with Crippen molar-refractivity contribution in [1.82, 2.24) is 9.88 Å². The lowest BCUT2D eigenvalue weighted by Crippen LogP contribution is -2.32. The molecule has 0 radical (unpaired) electrons. The number of ketones is 1. The fourth-order valence-corrected chi connectivity index (χ4v) is 2.42. The van der Waals surface area contributed by atoms with E-state index in [4.69, 9.17) is 0 Å². The van der Waals surface area contributed by atoms with Crippen LogP contribution in [0.2, 0.25) is 0 Å². The van der Waals surface area contributed by atoms with Crippen LogP contribution in [0.3, 0.4) is 0 Å². The molecule has 1 aromatic carbocycles. The Hall–Kier alpha value is -2.49. The van der Waals surface area contributed by atoms with Gasteiger partial charge in [-0.05, 0) is 31.0 Å². The Morgan fingerprint density at radius 3 is 2.35 bits per heavy atom. The Labute approximate surface area is 137 Å². The number of carbonyl (C=O) groups is 2. The van der Waals surface area contributed by atoms with E-state index in [1.165, 1.54) is 0 Å². The molecule has 2 rings (SSSR count). The van der Waals surface area contributed by atoms with Crippen molar-refractivity contribution in [2.24, 2.45) is 0 Å². The molecule has 0 fully saturated rings. The fourth-order valence-electron chi connectivity index (χ4n) is 2.42. The van der Waals surface area contributed by atoms with Crippen LogP contribution in [-0.2, 0) is 11.2 Å². The maximum atomic E-state index is 12.3. The van der Waals surface area contributed by atoms with E-state index in [0.29, 0.717) is 18.7 Å².